The summed E-state index contributed by atoms with van der Waals surface area (Å²) in [5, 5.41) is 55.9. The largest absolute Gasteiger partial charge is 0.397 e. The van der Waals surface area contributed by atoms with Gasteiger partial charge in [-0.1, -0.05) is 168 Å². The van der Waals surface area contributed by atoms with Crippen LogP contribution >= 0.6 is 0 Å². The number of nitrogens with one attached hydrogen (secondary N) is 1. The second-order valence-electron chi connectivity index (χ2n) is 15.5. The first-order valence-electron chi connectivity index (χ1n) is 21.5. The lowest BCUT2D eigenvalue weighted by molar-refractivity contribution is -0.302. The maximum atomic E-state index is 13.0. The van der Waals surface area contributed by atoms with Crippen LogP contribution < -0.4 is 5.32 Å². The van der Waals surface area contributed by atoms with Crippen LogP contribution in [0.4, 0.5) is 0 Å². The Kier molecular flexibility index (Phi) is 30.3. The van der Waals surface area contributed by atoms with Gasteiger partial charge in [-0.2, -0.15) is 8.42 Å². The molecule has 0 spiro atoms. The fourth-order valence-electron chi connectivity index (χ4n) is 6.98. The van der Waals surface area contributed by atoms with Crippen LogP contribution in [0.25, 0.3) is 0 Å². The maximum absolute atomic E-state index is 13.0. The first-order chi connectivity index (χ1) is 25.9. The quantitative estimate of drug-likeness (QED) is 0.0271. The van der Waals surface area contributed by atoms with Crippen molar-refractivity contribution in [2.24, 2.45) is 0 Å². The van der Waals surface area contributed by atoms with Gasteiger partial charge >= 0.3 is 10.4 Å². The van der Waals surface area contributed by atoms with Gasteiger partial charge < -0.3 is 40.3 Å². The third kappa shape index (κ3) is 25.3. The second-order valence-corrected chi connectivity index (χ2v) is 16.6. The van der Waals surface area contributed by atoms with Crippen molar-refractivity contribution < 1.29 is 57.0 Å². The summed E-state index contributed by atoms with van der Waals surface area (Å²) in [6, 6.07) is -1.10. The molecule has 0 aromatic carbocycles. The first kappa shape index (κ1) is 51.1. The summed E-state index contributed by atoms with van der Waals surface area (Å²) < 4.78 is 46.3. The summed E-state index contributed by atoms with van der Waals surface area (Å²) in [4.78, 5) is 13.0. The number of aliphatic hydroxyl groups excluding tert-OH is 5. The van der Waals surface area contributed by atoms with Crippen molar-refractivity contribution in [2.45, 2.75) is 236 Å². The van der Waals surface area contributed by atoms with E-state index in [1.54, 1.807) is 0 Å². The van der Waals surface area contributed by atoms with E-state index in [1.807, 2.05) is 0 Å². The van der Waals surface area contributed by atoms with Gasteiger partial charge in [-0.05, 0) is 12.8 Å². The topological polar surface area (TPSA) is 212 Å². The van der Waals surface area contributed by atoms with E-state index in [-0.39, 0.29) is 12.3 Å². The number of rotatable bonds is 36. The molecule has 14 heteroatoms. The predicted molar refractivity (Wildman–Crippen MR) is 210 cm³/mol. The number of unbranched alkanes of at least 4 members (excludes halogenated alkanes) is 23. The van der Waals surface area contributed by atoms with E-state index >= 15 is 0 Å². The maximum Gasteiger partial charge on any atom is 0.397 e. The highest BCUT2D eigenvalue weighted by Crippen LogP contribution is 2.24. The van der Waals surface area contributed by atoms with Gasteiger partial charge in [0.15, 0.2) is 6.29 Å². The van der Waals surface area contributed by atoms with Crippen LogP contribution in [0.2, 0.25) is 0 Å². The minimum atomic E-state index is -4.88. The third-order valence-corrected chi connectivity index (χ3v) is 10.9. The van der Waals surface area contributed by atoms with E-state index in [2.05, 4.69) is 23.3 Å². The molecule has 0 unspecified atom stereocenters. The average Bonchev–Trinajstić information content (AvgIpc) is 3.14. The molecule has 1 aliphatic rings. The molecule has 1 fully saturated rings. The molecule has 1 amide bonds. The molecule has 1 saturated heterocycles. The molecule has 0 aromatic heterocycles. The summed E-state index contributed by atoms with van der Waals surface area (Å²) in [7, 11) is -4.88. The molecule has 8 atom stereocenters. The summed E-state index contributed by atoms with van der Waals surface area (Å²) in [6.07, 6.45) is 18.7. The number of ether oxygens (including phenoxy) is 2. The van der Waals surface area contributed by atoms with Crippen molar-refractivity contribution >= 4 is 16.3 Å². The zero-order valence-corrected chi connectivity index (χ0v) is 34.5. The molecule has 0 bridgehead atoms. The fourth-order valence-corrected chi connectivity index (χ4v) is 7.29. The van der Waals surface area contributed by atoms with Crippen LogP contribution in [0.3, 0.4) is 0 Å². The van der Waals surface area contributed by atoms with Crippen molar-refractivity contribution in [1.82, 2.24) is 5.32 Å². The molecule has 13 nitrogen and oxygen atoms in total. The Hall–Kier alpha value is -0.940. The lowest BCUT2D eigenvalue weighted by Gasteiger charge is -2.40. The summed E-state index contributed by atoms with van der Waals surface area (Å²) in [5.41, 5.74) is 0. The monoisotopic (exact) mass is 798 g/mol. The van der Waals surface area contributed by atoms with Gasteiger partial charge in [0.2, 0.25) is 5.91 Å². The molecule has 0 aliphatic carbocycles. The molecule has 322 valence electrons. The first-order valence-corrected chi connectivity index (χ1v) is 22.9. The lowest BCUT2D eigenvalue weighted by atomic mass is 9.98. The van der Waals surface area contributed by atoms with E-state index in [0.29, 0.717) is 19.3 Å². The van der Waals surface area contributed by atoms with Crippen LogP contribution in [0.15, 0.2) is 0 Å². The molecule has 7 N–H and O–H groups in total. The summed E-state index contributed by atoms with van der Waals surface area (Å²) >= 11 is 0. The number of hydrogen-bond acceptors (Lipinski definition) is 11. The van der Waals surface area contributed by atoms with Crippen LogP contribution in [0.1, 0.15) is 187 Å². The molecule has 0 aromatic rings. The molecule has 54 heavy (non-hydrogen) atoms. The Labute approximate surface area is 327 Å². The standard InChI is InChI=1S/C40H79NO12S/c1-3-5-7-9-11-13-15-17-19-21-23-25-27-29-35(43)41-32(30-51-40-39(47)38(46)37(45)34(53-40)31-52-54(48,49)50)36(44)33(42)28-26-24-22-20-18-16-14-12-10-8-6-4-2/h32-34,36-40,42,44-47H,3-31H2,1-2H3,(H,41,43)(H,48,49,50)/t32-,33+,34+,36-,37+,38-,39+,40+/m0/s1. The minimum absolute atomic E-state index is 0.221. The van der Waals surface area contributed by atoms with Crippen molar-refractivity contribution in [3.8, 4) is 0 Å². The van der Waals surface area contributed by atoms with Gasteiger partial charge in [0.05, 0.1) is 25.4 Å². The molecular weight excluding hydrogens is 719 g/mol. The Morgan fingerprint density at radius 3 is 1.52 bits per heavy atom. The second kappa shape index (κ2) is 32.1. The van der Waals surface area contributed by atoms with Gasteiger partial charge in [-0.25, -0.2) is 4.18 Å². The number of amides is 1. The molecule has 0 radical (unpaired) electrons. The van der Waals surface area contributed by atoms with Gasteiger partial charge in [0, 0.05) is 6.42 Å². The Morgan fingerprint density at radius 1 is 0.648 bits per heavy atom. The van der Waals surface area contributed by atoms with Crippen LogP contribution in [-0.4, -0.2) is 107 Å². The average molecular weight is 798 g/mol. The fraction of sp³-hybridized carbons (Fsp3) is 0.975. The molecular formula is C40H79NO12S. The van der Waals surface area contributed by atoms with E-state index in [1.165, 1.54) is 109 Å². The van der Waals surface area contributed by atoms with Crippen LogP contribution in [-0.2, 0) is 28.9 Å². The number of carbonyl (C=O) groups is 1. The number of hydrogen-bond donors (Lipinski definition) is 7. The van der Waals surface area contributed by atoms with Gasteiger partial charge in [0.1, 0.15) is 30.5 Å². The zero-order chi connectivity index (χ0) is 40.0. The number of carbonyl (C=O) groups excluding carboxylic acids is 1. The van der Waals surface area contributed by atoms with Gasteiger partial charge in [-0.15, -0.1) is 0 Å². The number of aliphatic hydroxyl groups is 5. The zero-order valence-electron chi connectivity index (χ0n) is 33.7. The Bertz CT molecular complexity index is 1010. The molecule has 0 saturated carbocycles. The summed E-state index contributed by atoms with van der Waals surface area (Å²) in [6.45, 7) is 3.15. The van der Waals surface area contributed by atoms with Crippen LogP contribution in [0, 0.1) is 0 Å². The normalized spacial score (nSPS) is 22.3. The van der Waals surface area contributed by atoms with Crippen molar-refractivity contribution in [2.75, 3.05) is 13.2 Å². The lowest BCUT2D eigenvalue weighted by Crippen LogP contribution is -2.60. The Balaban J connectivity index is 2.59. The highest BCUT2D eigenvalue weighted by molar-refractivity contribution is 7.80. The van der Waals surface area contributed by atoms with Gasteiger partial charge in [-0.3, -0.25) is 9.35 Å². The molecule has 1 heterocycles. The highest BCUT2D eigenvalue weighted by Gasteiger charge is 2.45. The van der Waals surface area contributed by atoms with Gasteiger partial charge in [0.25, 0.3) is 0 Å². The van der Waals surface area contributed by atoms with E-state index < -0.39 is 72.6 Å². The third-order valence-electron chi connectivity index (χ3n) is 10.5. The van der Waals surface area contributed by atoms with E-state index in [0.717, 1.165) is 38.5 Å². The van der Waals surface area contributed by atoms with Crippen molar-refractivity contribution in [3.05, 3.63) is 0 Å². The summed E-state index contributed by atoms with van der Waals surface area (Å²) in [5.74, 6) is -0.330. The minimum Gasteiger partial charge on any atom is -0.390 e. The van der Waals surface area contributed by atoms with E-state index in [4.69, 9.17) is 14.0 Å². The van der Waals surface area contributed by atoms with Crippen molar-refractivity contribution in [3.63, 3.8) is 0 Å². The van der Waals surface area contributed by atoms with E-state index in [9.17, 15) is 38.7 Å². The molecule has 1 rings (SSSR count). The highest BCUT2D eigenvalue weighted by atomic mass is 32.3. The van der Waals surface area contributed by atoms with Crippen molar-refractivity contribution in [1.29, 1.82) is 0 Å². The Morgan fingerprint density at radius 2 is 1.07 bits per heavy atom. The van der Waals surface area contributed by atoms with Crippen LogP contribution in [0.5, 0.6) is 0 Å². The molecule has 1 aliphatic heterocycles. The predicted octanol–water partition coefficient (Wildman–Crippen LogP) is 6.41. The smallest absolute Gasteiger partial charge is 0.390 e. The SMILES string of the molecule is CCCCCCCCCCCCCCCC(=O)N[C@@H](CO[C@@H]1O[C@H](COS(=O)(=O)O)[C@@H](O)[C@H](O)[C@H]1O)[C@H](O)[C@H](O)CCCCCCCCCCCCCC.